The second kappa shape index (κ2) is 8.62. The Hall–Kier alpha value is -4.26. The second-order valence-electron chi connectivity index (χ2n) is 6.96. The lowest BCUT2D eigenvalue weighted by molar-refractivity contribution is -0.123. The number of nitrogens with one attached hydrogen (secondary N) is 1. The van der Waals surface area contributed by atoms with Crippen LogP contribution in [0.1, 0.15) is 18.5 Å². The van der Waals surface area contributed by atoms with E-state index in [1.54, 1.807) is 43.3 Å². The maximum atomic E-state index is 13.3. The van der Waals surface area contributed by atoms with Gasteiger partial charge in [-0.1, -0.05) is 54.6 Å². The molecular weight excluding hydrogens is 392 g/mol. The van der Waals surface area contributed by atoms with E-state index in [4.69, 9.17) is 0 Å². The molecule has 0 aliphatic rings. The van der Waals surface area contributed by atoms with Gasteiger partial charge in [0.1, 0.15) is 17.6 Å². The largest absolute Gasteiger partial charge is 0.507 e. The highest BCUT2D eigenvalue weighted by atomic mass is 16.3. The Balaban J connectivity index is 1.72. The zero-order chi connectivity index (χ0) is 21.8. The number of hydrazone groups is 1. The van der Waals surface area contributed by atoms with Crippen molar-refractivity contribution in [2.45, 2.75) is 13.0 Å². The molecule has 154 valence electrons. The molecule has 0 radical (unpaired) electrons. The summed E-state index contributed by atoms with van der Waals surface area (Å²) in [5.41, 5.74) is 3.88. The molecule has 0 aliphatic heterocycles. The summed E-state index contributed by atoms with van der Waals surface area (Å²) < 4.78 is 1.38. The number of fused-ring (bicyclic) bond motifs is 1. The third kappa shape index (κ3) is 4.06. The molecule has 1 aromatic heterocycles. The number of carbonyl (C=O) groups excluding carboxylic acids is 1. The van der Waals surface area contributed by atoms with Gasteiger partial charge in [-0.05, 0) is 31.2 Å². The first-order chi connectivity index (χ1) is 15.1. The molecule has 1 unspecified atom stereocenters. The maximum absolute atomic E-state index is 13.3. The fourth-order valence-corrected chi connectivity index (χ4v) is 3.27. The monoisotopic (exact) mass is 412 g/mol. The van der Waals surface area contributed by atoms with Gasteiger partial charge >= 0.3 is 0 Å². The van der Waals surface area contributed by atoms with Gasteiger partial charge in [-0.25, -0.2) is 10.4 Å². The number of carbonyl (C=O) groups is 1. The molecule has 1 heterocycles. The lowest BCUT2D eigenvalue weighted by Gasteiger charge is -2.18. The van der Waals surface area contributed by atoms with Crippen molar-refractivity contribution in [1.82, 2.24) is 15.0 Å². The van der Waals surface area contributed by atoms with Gasteiger partial charge in [-0.2, -0.15) is 5.10 Å². The number of benzene rings is 3. The average Bonchev–Trinajstić information content (AvgIpc) is 2.80. The van der Waals surface area contributed by atoms with E-state index in [1.165, 1.54) is 16.8 Å². The number of rotatable bonds is 5. The maximum Gasteiger partial charge on any atom is 0.263 e. The summed E-state index contributed by atoms with van der Waals surface area (Å²) in [5.74, 6) is -0.0328. The van der Waals surface area contributed by atoms with Crippen molar-refractivity contribution in [3.8, 4) is 17.1 Å². The van der Waals surface area contributed by atoms with Gasteiger partial charge in [0, 0.05) is 11.1 Å². The Kier molecular flexibility index (Phi) is 5.57. The van der Waals surface area contributed by atoms with Crippen LogP contribution in [0, 0.1) is 0 Å². The standard InChI is InChI=1S/C24H20N4O3/c1-16(23(30)27-25-15-18-11-5-8-14-21(18)29)28-22(17-9-3-2-4-10-17)26-20-13-7-6-12-19(20)24(28)31/h2-16,29H,1H3,(H,27,30). The molecule has 7 nitrogen and oxygen atoms in total. The van der Waals surface area contributed by atoms with E-state index in [9.17, 15) is 14.7 Å². The van der Waals surface area contributed by atoms with Crippen LogP contribution < -0.4 is 11.0 Å². The first-order valence-corrected chi connectivity index (χ1v) is 9.74. The zero-order valence-corrected chi connectivity index (χ0v) is 16.8. The highest BCUT2D eigenvalue weighted by molar-refractivity contribution is 5.87. The molecule has 4 rings (SSSR count). The Bertz CT molecular complexity index is 1330. The van der Waals surface area contributed by atoms with Gasteiger partial charge in [0.15, 0.2) is 0 Å². The SMILES string of the molecule is CC(C(=O)NN=Cc1ccccc1O)n1c(-c2ccccc2)nc2ccccc2c1=O. The molecule has 0 fully saturated rings. The van der Waals surface area contributed by atoms with Gasteiger partial charge in [-0.3, -0.25) is 14.2 Å². The van der Waals surface area contributed by atoms with Crippen LogP contribution in [0.15, 0.2) is 88.8 Å². The molecule has 0 aliphatic carbocycles. The van der Waals surface area contributed by atoms with E-state index in [2.05, 4.69) is 15.5 Å². The number of amides is 1. The molecule has 1 amide bonds. The van der Waals surface area contributed by atoms with Crippen molar-refractivity contribution in [1.29, 1.82) is 0 Å². The Morgan fingerprint density at radius 2 is 1.71 bits per heavy atom. The Labute approximate surface area is 178 Å². The summed E-state index contributed by atoms with van der Waals surface area (Å²) >= 11 is 0. The van der Waals surface area contributed by atoms with Crippen molar-refractivity contribution in [2.75, 3.05) is 0 Å². The first kappa shape index (κ1) is 20.0. The minimum Gasteiger partial charge on any atom is -0.507 e. The summed E-state index contributed by atoms with van der Waals surface area (Å²) in [6, 6.07) is 22.1. The third-order valence-electron chi connectivity index (χ3n) is 4.92. The Morgan fingerprint density at radius 1 is 1.03 bits per heavy atom. The lowest BCUT2D eigenvalue weighted by atomic mass is 10.1. The van der Waals surface area contributed by atoms with Crippen LogP contribution >= 0.6 is 0 Å². The molecular formula is C24H20N4O3. The van der Waals surface area contributed by atoms with Gasteiger partial charge < -0.3 is 5.11 Å². The van der Waals surface area contributed by atoms with Crippen molar-refractivity contribution in [3.63, 3.8) is 0 Å². The summed E-state index contributed by atoms with van der Waals surface area (Å²) in [5, 5.41) is 14.2. The molecule has 0 spiro atoms. The quantitative estimate of drug-likeness (QED) is 0.387. The number of hydrogen-bond donors (Lipinski definition) is 2. The fourth-order valence-electron chi connectivity index (χ4n) is 3.27. The fraction of sp³-hybridized carbons (Fsp3) is 0.0833. The summed E-state index contributed by atoms with van der Waals surface area (Å²) in [7, 11) is 0. The normalized spacial score (nSPS) is 12.2. The molecule has 0 saturated heterocycles. The summed E-state index contributed by atoms with van der Waals surface area (Å²) in [6.45, 7) is 1.62. The van der Waals surface area contributed by atoms with E-state index in [-0.39, 0.29) is 11.3 Å². The summed E-state index contributed by atoms with van der Waals surface area (Å²) in [6.07, 6.45) is 1.35. The number of phenolic OH excluding ortho intramolecular Hbond substituents is 1. The number of hydrogen-bond acceptors (Lipinski definition) is 5. The molecule has 0 saturated carbocycles. The molecule has 7 heteroatoms. The van der Waals surface area contributed by atoms with Crippen LogP contribution in [0.4, 0.5) is 0 Å². The van der Waals surface area contributed by atoms with Gasteiger partial charge in [0.05, 0.1) is 17.1 Å². The molecule has 0 bridgehead atoms. The van der Waals surface area contributed by atoms with Gasteiger partial charge in [0.25, 0.3) is 11.5 Å². The second-order valence-corrected chi connectivity index (χ2v) is 6.96. The number of nitrogens with zero attached hydrogens (tertiary/aromatic N) is 3. The molecule has 31 heavy (non-hydrogen) atoms. The predicted molar refractivity (Wildman–Crippen MR) is 120 cm³/mol. The highest BCUT2D eigenvalue weighted by Crippen LogP contribution is 2.22. The topological polar surface area (TPSA) is 96.6 Å². The zero-order valence-electron chi connectivity index (χ0n) is 16.8. The molecule has 1 atom stereocenters. The van der Waals surface area contributed by atoms with Crippen LogP contribution in [0.5, 0.6) is 5.75 Å². The average molecular weight is 412 g/mol. The van der Waals surface area contributed by atoms with Crippen molar-refractivity contribution >= 4 is 23.0 Å². The summed E-state index contributed by atoms with van der Waals surface area (Å²) in [4.78, 5) is 30.8. The predicted octanol–water partition coefficient (Wildman–Crippen LogP) is 3.48. The van der Waals surface area contributed by atoms with Crippen LogP contribution in [0.2, 0.25) is 0 Å². The highest BCUT2D eigenvalue weighted by Gasteiger charge is 2.22. The number of para-hydroxylation sites is 2. The van der Waals surface area contributed by atoms with E-state index < -0.39 is 11.9 Å². The number of aromatic nitrogens is 2. The minimum absolute atomic E-state index is 0.0508. The molecule has 2 N–H and O–H groups in total. The van der Waals surface area contributed by atoms with Crippen molar-refractivity contribution in [3.05, 3.63) is 94.8 Å². The van der Waals surface area contributed by atoms with Crippen LogP contribution in [-0.4, -0.2) is 26.8 Å². The molecule has 3 aromatic carbocycles. The van der Waals surface area contributed by atoms with E-state index >= 15 is 0 Å². The number of phenols is 1. The lowest BCUT2D eigenvalue weighted by Crippen LogP contribution is -2.35. The van der Waals surface area contributed by atoms with Crippen LogP contribution in [-0.2, 0) is 4.79 Å². The van der Waals surface area contributed by atoms with Crippen molar-refractivity contribution < 1.29 is 9.90 Å². The van der Waals surface area contributed by atoms with Crippen molar-refractivity contribution in [2.24, 2.45) is 5.10 Å². The van der Waals surface area contributed by atoms with E-state index in [0.29, 0.717) is 22.3 Å². The smallest absolute Gasteiger partial charge is 0.263 e. The van der Waals surface area contributed by atoms with Crippen LogP contribution in [0.3, 0.4) is 0 Å². The van der Waals surface area contributed by atoms with E-state index in [1.807, 2.05) is 36.4 Å². The van der Waals surface area contributed by atoms with E-state index in [0.717, 1.165) is 5.56 Å². The van der Waals surface area contributed by atoms with Gasteiger partial charge in [-0.15, -0.1) is 0 Å². The van der Waals surface area contributed by atoms with Gasteiger partial charge in [0.2, 0.25) is 0 Å². The van der Waals surface area contributed by atoms with Crippen LogP contribution in [0.25, 0.3) is 22.3 Å². The Morgan fingerprint density at radius 3 is 2.48 bits per heavy atom. The third-order valence-corrected chi connectivity index (χ3v) is 4.92. The number of aromatic hydroxyl groups is 1. The minimum atomic E-state index is -0.874. The first-order valence-electron chi connectivity index (χ1n) is 9.74. The molecule has 4 aromatic rings.